The third-order valence-corrected chi connectivity index (χ3v) is 4.65. The standard InChI is InChI=1S/C15H25N5O4/c1-10(21)8-13(17-24)19-5-3-4-11(19)15(23)20-7-6-18(2)9-12(20)14(16)22/h10-12,21H,3-9H2,1-2H3,(H-,16,22)/p+1. The maximum absolute atomic E-state index is 13.0. The van der Waals surface area contributed by atoms with Crippen LogP contribution in [-0.4, -0.2) is 88.9 Å². The number of carbonyl (C=O) groups excluding carboxylic acids is 2. The van der Waals surface area contributed by atoms with E-state index < -0.39 is 24.1 Å². The number of amidine groups is 1. The number of aliphatic hydroxyl groups excluding tert-OH is 1. The molecular weight excluding hydrogens is 314 g/mol. The smallest absolute Gasteiger partial charge is 0.393 e. The zero-order valence-corrected chi connectivity index (χ0v) is 14.2. The van der Waals surface area contributed by atoms with Crippen LogP contribution in [0.3, 0.4) is 0 Å². The fourth-order valence-corrected chi connectivity index (χ4v) is 3.42. The molecule has 3 unspecified atom stereocenters. The first kappa shape index (κ1) is 18.4. The number of amides is 2. The van der Waals surface area contributed by atoms with Gasteiger partial charge in [-0.15, -0.1) is 0 Å². The second kappa shape index (κ2) is 7.74. The topological polar surface area (TPSA) is 121 Å². The molecule has 0 bridgehead atoms. The minimum absolute atomic E-state index is 0.106. The van der Waals surface area contributed by atoms with Crippen molar-refractivity contribution in [2.24, 2.45) is 5.73 Å². The highest BCUT2D eigenvalue weighted by molar-refractivity contribution is 5.93. The predicted octanol–water partition coefficient (Wildman–Crippen LogP) is -1.92. The number of likely N-dealkylation sites (tertiary alicyclic amines) is 1. The molecule has 0 aliphatic carbocycles. The van der Waals surface area contributed by atoms with Gasteiger partial charge in [0, 0.05) is 31.0 Å². The van der Waals surface area contributed by atoms with Crippen molar-refractivity contribution in [2.75, 3.05) is 33.2 Å². The number of likely N-dealkylation sites (N-methyl/N-ethyl adjacent to an activating group) is 1. The van der Waals surface area contributed by atoms with E-state index in [0.29, 0.717) is 32.6 Å². The molecule has 0 aromatic carbocycles. The van der Waals surface area contributed by atoms with E-state index in [1.807, 2.05) is 11.9 Å². The SMILES string of the molecule is CC(O)CC(=[N+]=O)N1CCCC1C(=O)N1CCN(C)CC1C(N)=O. The third kappa shape index (κ3) is 3.92. The molecule has 3 atom stereocenters. The van der Waals surface area contributed by atoms with Crippen molar-refractivity contribution in [3.05, 3.63) is 4.91 Å². The van der Waals surface area contributed by atoms with Gasteiger partial charge in [0.15, 0.2) is 6.04 Å². The Hall–Kier alpha value is -1.96. The predicted molar refractivity (Wildman–Crippen MR) is 88.7 cm³/mol. The van der Waals surface area contributed by atoms with E-state index >= 15 is 0 Å². The van der Waals surface area contributed by atoms with Gasteiger partial charge in [-0.1, -0.05) is 0 Å². The summed E-state index contributed by atoms with van der Waals surface area (Å²) >= 11 is 0. The van der Waals surface area contributed by atoms with Crippen molar-refractivity contribution < 1.29 is 14.7 Å². The van der Waals surface area contributed by atoms with E-state index in [0.717, 1.165) is 6.42 Å². The van der Waals surface area contributed by atoms with Gasteiger partial charge >= 0.3 is 5.84 Å². The Kier molecular flexibility index (Phi) is 5.93. The summed E-state index contributed by atoms with van der Waals surface area (Å²) in [4.78, 5) is 44.0. The Morgan fingerprint density at radius 3 is 2.54 bits per heavy atom. The number of carbonyl (C=O) groups is 2. The molecule has 0 radical (unpaired) electrons. The van der Waals surface area contributed by atoms with Crippen LogP contribution in [0, 0.1) is 4.91 Å². The van der Waals surface area contributed by atoms with Crippen molar-refractivity contribution in [3.8, 4) is 0 Å². The van der Waals surface area contributed by atoms with Gasteiger partial charge in [-0.05, 0) is 20.4 Å². The molecule has 9 heteroatoms. The van der Waals surface area contributed by atoms with Crippen molar-refractivity contribution in [2.45, 2.75) is 44.4 Å². The van der Waals surface area contributed by atoms with E-state index in [-0.39, 0.29) is 18.2 Å². The summed E-state index contributed by atoms with van der Waals surface area (Å²) in [6, 6.07) is -1.19. The first-order chi connectivity index (χ1) is 11.3. The van der Waals surface area contributed by atoms with Gasteiger partial charge in [0.2, 0.25) is 5.91 Å². The van der Waals surface area contributed by atoms with Gasteiger partial charge < -0.3 is 20.6 Å². The number of nitrogens with two attached hydrogens (primary N) is 1. The van der Waals surface area contributed by atoms with Crippen LogP contribution < -0.4 is 10.6 Å². The van der Waals surface area contributed by atoms with Gasteiger partial charge in [-0.2, -0.15) is 0 Å². The molecule has 2 aliphatic rings. The van der Waals surface area contributed by atoms with Crippen molar-refractivity contribution in [1.29, 1.82) is 0 Å². The number of hydrogen-bond acceptors (Lipinski definition) is 5. The Morgan fingerprint density at radius 2 is 1.96 bits per heavy atom. The molecule has 3 N–H and O–H groups in total. The fraction of sp³-hybridized carbons (Fsp3) is 0.800. The summed E-state index contributed by atoms with van der Waals surface area (Å²) in [5, 5.41) is 9.52. The van der Waals surface area contributed by atoms with E-state index in [1.54, 1.807) is 11.8 Å². The van der Waals surface area contributed by atoms with E-state index in [2.05, 4.69) is 4.85 Å². The number of nitrogens with zero attached hydrogens (tertiary/aromatic N) is 4. The largest absolute Gasteiger partial charge is 0.407 e. The van der Waals surface area contributed by atoms with E-state index in [9.17, 15) is 19.6 Å². The number of aliphatic hydroxyl groups is 1. The quantitative estimate of drug-likeness (QED) is 0.350. The summed E-state index contributed by atoms with van der Waals surface area (Å²) in [7, 11) is 1.88. The molecule has 9 nitrogen and oxygen atoms in total. The molecule has 0 spiro atoms. The lowest BCUT2D eigenvalue weighted by Crippen LogP contribution is -2.62. The van der Waals surface area contributed by atoms with E-state index in [1.165, 1.54) is 4.90 Å². The normalized spacial score (nSPS) is 26.1. The molecule has 2 saturated heterocycles. The third-order valence-electron chi connectivity index (χ3n) is 4.65. The van der Waals surface area contributed by atoms with Crippen LogP contribution >= 0.6 is 0 Å². The number of piperazine rings is 1. The molecule has 134 valence electrons. The van der Waals surface area contributed by atoms with Crippen LogP contribution in [0.15, 0.2) is 0 Å². The first-order valence-electron chi connectivity index (χ1n) is 8.27. The fourth-order valence-electron chi connectivity index (χ4n) is 3.42. The summed E-state index contributed by atoms with van der Waals surface area (Å²) in [6.45, 7) is 3.61. The second-order valence-corrected chi connectivity index (χ2v) is 6.62. The minimum atomic E-state index is -0.712. The zero-order valence-electron chi connectivity index (χ0n) is 14.2. The van der Waals surface area contributed by atoms with Crippen LogP contribution in [0.25, 0.3) is 0 Å². The Labute approximate surface area is 141 Å². The van der Waals surface area contributed by atoms with Crippen LogP contribution in [0.5, 0.6) is 0 Å². The van der Waals surface area contributed by atoms with Crippen LogP contribution in [0.2, 0.25) is 0 Å². The lowest BCUT2D eigenvalue weighted by molar-refractivity contribution is -0.145. The average Bonchev–Trinajstić information content (AvgIpc) is 3.00. The highest BCUT2D eigenvalue weighted by Crippen LogP contribution is 2.23. The van der Waals surface area contributed by atoms with Crippen molar-refractivity contribution in [1.82, 2.24) is 19.6 Å². The van der Waals surface area contributed by atoms with Gasteiger partial charge in [0.05, 0.1) is 23.9 Å². The highest BCUT2D eigenvalue weighted by atomic mass is 16.3. The molecule has 2 aliphatic heterocycles. The molecule has 2 amide bonds. The maximum atomic E-state index is 13.0. The molecule has 2 heterocycles. The van der Waals surface area contributed by atoms with Gasteiger partial charge in [-0.25, -0.2) is 4.90 Å². The van der Waals surface area contributed by atoms with Crippen molar-refractivity contribution >= 4 is 17.6 Å². The number of rotatable bonds is 4. The molecule has 24 heavy (non-hydrogen) atoms. The van der Waals surface area contributed by atoms with Crippen LogP contribution in [0.4, 0.5) is 0 Å². The minimum Gasteiger partial charge on any atom is -0.393 e. The maximum Gasteiger partial charge on any atom is 0.407 e. The van der Waals surface area contributed by atoms with Gasteiger partial charge in [0.25, 0.3) is 5.91 Å². The van der Waals surface area contributed by atoms with E-state index in [4.69, 9.17) is 5.73 Å². The zero-order chi connectivity index (χ0) is 17.9. The first-order valence-corrected chi connectivity index (χ1v) is 8.27. The molecule has 2 rings (SSSR count). The van der Waals surface area contributed by atoms with Gasteiger partial charge in [0.1, 0.15) is 6.04 Å². The number of primary amides is 1. The van der Waals surface area contributed by atoms with Gasteiger partial charge in [-0.3, -0.25) is 9.59 Å². The monoisotopic (exact) mass is 340 g/mol. The molecule has 2 fully saturated rings. The Morgan fingerprint density at radius 1 is 1.25 bits per heavy atom. The Balaban J connectivity index is 2.17. The molecular formula is C15H26N5O4+. The second-order valence-electron chi connectivity index (χ2n) is 6.62. The lowest BCUT2D eigenvalue weighted by Gasteiger charge is -2.39. The lowest BCUT2D eigenvalue weighted by atomic mass is 10.1. The molecule has 0 aromatic rings. The molecule has 0 saturated carbocycles. The number of nitroso groups, excluding NO2 is 1. The average molecular weight is 340 g/mol. The summed E-state index contributed by atoms with van der Waals surface area (Å²) in [6.07, 6.45) is 0.741. The number of hydrogen-bond donors (Lipinski definition) is 2. The van der Waals surface area contributed by atoms with Crippen LogP contribution in [-0.2, 0) is 9.59 Å². The Bertz CT molecular complexity index is 546. The molecule has 0 aromatic heterocycles. The summed E-state index contributed by atoms with van der Waals surface area (Å²) in [5.74, 6) is -0.539. The summed E-state index contributed by atoms with van der Waals surface area (Å²) < 4.78 is 0. The van der Waals surface area contributed by atoms with Crippen LogP contribution in [0.1, 0.15) is 26.2 Å². The van der Waals surface area contributed by atoms with Crippen molar-refractivity contribution in [3.63, 3.8) is 0 Å². The highest BCUT2D eigenvalue weighted by Gasteiger charge is 2.45. The summed E-state index contributed by atoms with van der Waals surface area (Å²) in [5.41, 5.74) is 5.46.